The van der Waals surface area contributed by atoms with Crippen LogP contribution in [0.5, 0.6) is 0 Å². The molecule has 1 N–H and O–H groups in total. The van der Waals surface area contributed by atoms with Crippen molar-refractivity contribution in [1.82, 2.24) is 9.97 Å². The summed E-state index contributed by atoms with van der Waals surface area (Å²) in [6.45, 7) is 2.16. The van der Waals surface area contributed by atoms with Crippen molar-refractivity contribution in [3.05, 3.63) is 60.2 Å². The van der Waals surface area contributed by atoms with E-state index >= 15 is 0 Å². The monoisotopic (exact) mass is 350 g/mol. The molecule has 3 rings (SSSR count). The van der Waals surface area contributed by atoms with Crippen molar-refractivity contribution in [2.24, 2.45) is 5.92 Å². The topological polar surface area (TPSA) is 72.3 Å². The summed E-state index contributed by atoms with van der Waals surface area (Å²) in [7, 11) is 0. The van der Waals surface area contributed by atoms with Crippen LogP contribution in [0.2, 0.25) is 0 Å². The molecule has 1 aliphatic rings. The van der Waals surface area contributed by atoms with Crippen LogP contribution in [0.25, 0.3) is 0 Å². The van der Waals surface area contributed by atoms with E-state index in [0.29, 0.717) is 31.4 Å². The van der Waals surface area contributed by atoms with Crippen LogP contribution in [0.1, 0.15) is 43.2 Å². The molecular formula is C21H22N2O3. The second kappa shape index (κ2) is 8.11. The number of esters is 1. The van der Waals surface area contributed by atoms with E-state index in [0.717, 1.165) is 5.56 Å². The minimum atomic E-state index is -1.15. The molecule has 1 aromatic heterocycles. The highest BCUT2D eigenvalue weighted by Crippen LogP contribution is 2.43. The van der Waals surface area contributed by atoms with Crippen molar-refractivity contribution in [1.29, 1.82) is 0 Å². The molecule has 5 nitrogen and oxygen atoms in total. The summed E-state index contributed by atoms with van der Waals surface area (Å²) in [5.41, 5.74) is 0.525. The normalized spacial score (nSPS) is 25.0. The number of carbonyl (C=O) groups is 1. The molecule has 0 bridgehead atoms. The number of ether oxygens (including phenoxy) is 1. The van der Waals surface area contributed by atoms with Crippen molar-refractivity contribution in [3.63, 3.8) is 0 Å². The highest BCUT2D eigenvalue weighted by molar-refractivity contribution is 5.74. The predicted molar refractivity (Wildman–Crippen MR) is 97.0 cm³/mol. The summed E-state index contributed by atoms with van der Waals surface area (Å²) in [5.74, 6) is 5.34. The number of nitrogens with zero attached hydrogens (tertiary/aromatic N) is 2. The molecule has 1 aromatic carbocycles. The minimum Gasteiger partial charge on any atom is -0.466 e. The van der Waals surface area contributed by atoms with Gasteiger partial charge in [0.15, 0.2) is 0 Å². The van der Waals surface area contributed by atoms with Crippen molar-refractivity contribution in [2.75, 3.05) is 6.61 Å². The van der Waals surface area contributed by atoms with Gasteiger partial charge in [0.2, 0.25) is 0 Å². The summed E-state index contributed by atoms with van der Waals surface area (Å²) in [6.07, 6.45) is 6.02. The average Bonchev–Trinajstić information content (AvgIpc) is 2.68. The lowest BCUT2D eigenvalue weighted by Gasteiger charge is -2.38. The Morgan fingerprint density at radius 3 is 2.73 bits per heavy atom. The van der Waals surface area contributed by atoms with E-state index < -0.39 is 5.60 Å². The summed E-state index contributed by atoms with van der Waals surface area (Å²) in [6, 6.07) is 9.80. The Bertz CT molecular complexity index is 798. The van der Waals surface area contributed by atoms with Gasteiger partial charge in [-0.2, -0.15) is 0 Å². The zero-order valence-electron chi connectivity index (χ0n) is 14.8. The fourth-order valence-corrected chi connectivity index (χ4v) is 3.45. The molecule has 2 aromatic rings. The first-order valence-electron chi connectivity index (χ1n) is 8.83. The van der Waals surface area contributed by atoms with Crippen LogP contribution in [0.15, 0.2) is 49.1 Å². The van der Waals surface area contributed by atoms with Crippen molar-refractivity contribution < 1.29 is 14.6 Å². The number of rotatable bonds is 3. The standard InChI is InChI=1S/C21H22N2O3/c1-2-26-20(24)18-9-11-21(25,10-8-16-13-22-15-23-14-16)12-19(18)17-6-4-3-5-7-17/h3-7,13-15,18-19,25H,2,9,11-12H2,1H3/t18-,19+,21-/m1/s1. The lowest BCUT2D eigenvalue weighted by atomic mass is 9.69. The molecule has 5 heteroatoms. The Balaban J connectivity index is 1.86. The van der Waals surface area contributed by atoms with Crippen LogP contribution in [-0.2, 0) is 9.53 Å². The van der Waals surface area contributed by atoms with Gasteiger partial charge in [-0.3, -0.25) is 4.79 Å². The summed E-state index contributed by atoms with van der Waals surface area (Å²) >= 11 is 0. The fraction of sp³-hybridized carbons (Fsp3) is 0.381. The number of hydrogen-bond donors (Lipinski definition) is 1. The van der Waals surface area contributed by atoms with Gasteiger partial charge in [-0.1, -0.05) is 42.2 Å². The molecule has 26 heavy (non-hydrogen) atoms. The van der Waals surface area contributed by atoms with E-state index in [-0.39, 0.29) is 17.8 Å². The zero-order chi connectivity index (χ0) is 18.4. The van der Waals surface area contributed by atoms with Gasteiger partial charge in [0, 0.05) is 18.3 Å². The molecule has 1 heterocycles. The summed E-state index contributed by atoms with van der Waals surface area (Å²) in [5, 5.41) is 11.0. The highest BCUT2D eigenvalue weighted by atomic mass is 16.5. The zero-order valence-corrected chi connectivity index (χ0v) is 14.8. The number of hydrogen-bond acceptors (Lipinski definition) is 5. The van der Waals surface area contributed by atoms with E-state index in [1.165, 1.54) is 6.33 Å². The van der Waals surface area contributed by atoms with Crippen LogP contribution in [0.4, 0.5) is 0 Å². The van der Waals surface area contributed by atoms with Gasteiger partial charge in [-0.05, 0) is 31.7 Å². The Labute approximate surface area is 153 Å². The Morgan fingerprint density at radius 1 is 1.31 bits per heavy atom. The first-order chi connectivity index (χ1) is 12.6. The molecule has 134 valence electrons. The Kier molecular flexibility index (Phi) is 5.65. The summed E-state index contributed by atoms with van der Waals surface area (Å²) in [4.78, 5) is 20.3. The van der Waals surface area contributed by atoms with E-state index in [2.05, 4.69) is 21.8 Å². The average molecular weight is 350 g/mol. The number of benzene rings is 1. The minimum absolute atomic E-state index is 0.129. The quantitative estimate of drug-likeness (QED) is 0.681. The Morgan fingerprint density at radius 2 is 2.04 bits per heavy atom. The molecule has 0 amide bonds. The SMILES string of the molecule is CCOC(=O)[C@@H]1CC[C@](O)(C#Cc2cncnc2)C[C@H]1c1ccccc1. The first-order valence-corrected chi connectivity index (χ1v) is 8.83. The molecule has 1 fully saturated rings. The van der Waals surface area contributed by atoms with E-state index in [1.807, 2.05) is 37.3 Å². The molecule has 0 saturated heterocycles. The predicted octanol–water partition coefficient (Wildman–Crippen LogP) is 2.71. The smallest absolute Gasteiger partial charge is 0.309 e. The maximum atomic E-state index is 12.4. The van der Waals surface area contributed by atoms with E-state index in [9.17, 15) is 9.90 Å². The van der Waals surface area contributed by atoms with Crippen molar-refractivity contribution in [3.8, 4) is 11.8 Å². The van der Waals surface area contributed by atoms with Crippen molar-refractivity contribution in [2.45, 2.75) is 37.7 Å². The third-order valence-corrected chi connectivity index (χ3v) is 4.73. The van der Waals surface area contributed by atoms with Gasteiger partial charge in [-0.15, -0.1) is 0 Å². The van der Waals surface area contributed by atoms with Gasteiger partial charge in [0.25, 0.3) is 0 Å². The lowest BCUT2D eigenvalue weighted by molar-refractivity contribution is -0.151. The highest BCUT2D eigenvalue weighted by Gasteiger charge is 2.42. The van der Waals surface area contributed by atoms with Gasteiger partial charge < -0.3 is 9.84 Å². The molecule has 0 unspecified atom stereocenters. The van der Waals surface area contributed by atoms with E-state index in [4.69, 9.17) is 4.74 Å². The van der Waals surface area contributed by atoms with Gasteiger partial charge in [-0.25, -0.2) is 9.97 Å². The fourth-order valence-electron chi connectivity index (χ4n) is 3.45. The van der Waals surface area contributed by atoms with Crippen LogP contribution in [0, 0.1) is 17.8 Å². The number of carbonyl (C=O) groups excluding carboxylic acids is 1. The Hall–Kier alpha value is -2.71. The molecule has 0 radical (unpaired) electrons. The van der Waals surface area contributed by atoms with Gasteiger partial charge in [0.1, 0.15) is 11.9 Å². The molecule has 3 atom stereocenters. The largest absolute Gasteiger partial charge is 0.466 e. The lowest BCUT2D eigenvalue weighted by Crippen LogP contribution is -2.40. The van der Waals surface area contributed by atoms with Crippen LogP contribution < -0.4 is 0 Å². The molecule has 1 saturated carbocycles. The van der Waals surface area contributed by atoms with Gasteiger partial charge in [0.05, 0.1) is 18.1 Å². The molecule has 0 aliphatic heterocycles. The molecular weight excluding hydrogens is 328 g/mol. The maximum Gasteiger partial charge on any atom is 0.309 e. The third kappa shape index (κ3) is 4.27. The second-order valence-electron chi connectivity index (χ2n) is 6.53. The van der Waals surface area contributed by atoms with Crippen LogP contribution >= 0.6 is 0 Å². The number of aliphatic hydroxyl groups is 1. The maximum absolute atomic E-state index is 12.4. The summed E-state index contributed by atoms with van der Waals surface area (Å²) < 4.78 is 5.26. The molecule has 0 spiro atoms. The number of aromatic nitrogens is 2. The van der Waals surface area contributed by atoms with Crippen LogP contribution in [0.3, 0.4) is 0 Å². The van der Waals surface area contributed by atoms with E-state index in [1.54, 1.807) is 12.4 Å². The third-order valence-electron chi connectivity index (χ3n) is 4.73. The first kappa shape index (κ1) is 18.1. The van der Waals surface area contributed by atoms with Crippen LogP contribution in [-0.4, -0.2) is 33.3 Å². The second-order valence-corrected chi connectivity index (χ2v) is 6.53. The molecule has 1 aliphatic carbocycles. The van der Waals surface area contributed by atoms with Crippen molar-refractivity contribution >= 4 is 5.97 Å². The van der Waals surface area contributed by atoms with Gasteiger partial charge >= 0.3 is 5.97 Å².